The average Bonchev–Trinajstić information content (AvgIpc) is 2.87. The highest BCUT2D eigenvalue weighted by molar-refractivity contribution is 7.89. The molecule has 24 heavy (non-hydrogen) atoms. The summed E-state index contributed by atoms with van der Waals surface area (Å²) in [7, 11) is -2.07. The molecule has 0 unspecified atom stereocenters. The second kappa shape index (κ2) is 7.14. The largest absolute Gasteiger partial charge is 0.326 e. The summed E-state index contributed by atoms with van der Waals surface area (Å²) in [5.41, 5.74) is 2.39. The summed E-state index contributed by atoms with van der Waals surface area (Å²) in [4.78, 5) is 11.2. The topological polar surface area (TPSA) is 84.3 Å². The highest BCUT2D eigenvalue weighted by atomic mass is 32.2. The predicted octanol–water partition coefficient (Wildman–Crippen LogP) is 1.99. The molecule has 1 N–H and O–H groups in total. The minimum Gasteiger partial charge on any atom is -0.326 e. The molecule has 0 aliphatic carbocycles. The zero-order chi connectivity index (χ0) is 17.9. The van der Waals surface area contributed by atoms with Gasteiger partial charge in [-0.25, -0.2) is 8.42 Å². The van der Waals surface area contributed by atoms with Gasteiger partial charge in [-0.05, 0) is 38.1 Å². The normalized spacial score (nSPS) is 11.7. The molecule has 0 saturated carbocycles. The molecule has 8 heteroatoms. The lowest BCUT2D eigenvalue weighted by Crippen LogP contribution is -2.26. The van der Waals surface area contributed by atoms with Crippen LogP contribution in [-0.4, -0.2) is 35.5 Å². The first-order valence-corrected chi connectivity index (χ1v) is 9.05. The van der Waals surface area contributed by atoms with Gasteiger partial charge in [-0.15, -0.1) is 0 Å². The van der Waals surface area contributed by atoms with Gasteiger partial charge in [0.1, 0.15) is 0 Å². The maximum atomic E-state index is 12.7. The molecule has 1 amide bonds. The number of aryl methyl sites for hydroxylation is 1. The third kappa shape index (κ3) is 3.82. The van der Waals surface area contributed by atoms with E-state index in [0.29, 0.717) is 5.69 Å². The Bertz CT molecular complexity index is 826. The smallest absolute Gasteiger partial charge is 0.243 e. The molecule has 1 aromatic heterocycles. The zero-order valence-electron chi connectivity index (χ0n) is 14.3. The molecule has 0 saturated heterocycles. The third-order valence-electron chi connectivity index (χ3n) is 3.78. The SMILES string of the molecule is CCn1ncc(CN(C)S(=O)(=O)c2ccc(NC(C)=O)cc2)c1C. The summed E-state index contributed by atoms with van der Waals surface area (Å²) in [5.74, 6) is -0.203. The quantitative estimate of drug-likeness (QED) is 0.863. The van der Waals surface area contributed by atoms with E-state index in [1.807, 2.05) is 18.5 Å². The summed E-state index contributed by atoms with van der Waals surface area (Å²) < 4.78 is 28.5. The highest BCUT2D eigenvalue weighted by Crippen LogP contribution is 2.20. The van der Waals surface area contributed by atoms with Crippen molar-refractivity contribution in [3.8, 4) is 0 Å². The zero-order valence-corrected chi connectivity index (χ0v) is 15.1. The van der Waals surface area contributed by atoms with E-state index in [0.717, 1.165) is 17.8 Å². The molecule has 0 spiro atoms. The molecule has 7 nitrogen and oxygen atoms in total. The molecule has 2 rings (SSSR count). The Morgan fingerprint density at radius 3 is 2.42 bits per heavy atom. The number of anilines is 1. The van der Waals surface area contributed by atoms with E-state index in [9.17, 15) is 13.2 Å². The van der Waals surface area contributed by atoms with Gasteiger partial charge >= 0.3 is 0 Å². The van der Waals surface area contributed by atoms with Crippen molar-refractivity contribution in [2.75, 3.05) is 12.4 Å². The fourth-order valence-corrected chi connectivity index (χ4v) is 3.53. The molecule has 1 heterocycles. The van der Waals surface area contributed by atoms with E-state index in [4.69, 9.17) is 0 Å². The maximum Gasteiger partial charge on any atom is 0.243 e. The van der Waals surface area contributed by atoms with Gasteiger partial charge in [-0.1, -0.05) is 0 Å². The third-order valence-corrected chi connectivity index (χ3v) is 5.60. The molecule has 0 aliphatic rings. The fourth-order valence-electron chi connectivity index (χ4n) is 2.38. The summed E-state index contributed by atoms with van der Waals surface area (Å²) >= 11 is 0. The number of hydrogen-bond acceptors (Lipinski definition) is 4. The number of hydrogen-bond donors (Lipinski definition) is 1. The van der Waals surface area contributed by atoms with E-state index in [2.05, 4.69) is 10.4 Å². The summed E-state index contributed by atoms with van der Waals surface area (Å²) in [6.45, 7) is 6.31. The number of nitrogens with zero attached hydrogens (tertiary/aromatic N) is 3. The summed E-state index contributed by atoms with van der Waals surface area (Å²) in [6.07, 6.45) is 1.70. The van der Waals surface area contributed by atoms with Crippen LogP contribution >= 0.6 is 0 Å². The lowest BCUT2D eigenvalue weighted by atomic mass is 10.2. The van der Waals surface area contributed by atoms with Crippen molar-refractivity contribution in [3.63, 3.8) is 0 Å². The molecule has 130 valence electrons. The number of carbonyl (C=O) groups excluding carboxylic acids is 1. The Kier molecular flexibility index (Phi) is 5.40. The fraction of sp³-hybridized carbons (Fsp3) is 0.375. The molecule has 1 aromatic carbocycles. The van der Waals surface area contributed by atoms with Crippen molar-refractivity contribution in [2.45, 2.75) is 38.8 Å². The number of benzene rings is 1. The van der Waals surface area contributed by atoms with E-state index in [1.54, 1.807) is 25.4 Å². The molecule has 0 aliphatic heterocycles. The number of rotatable bonds is 6. The van der Waals surface area contributed by atoms with Crippen molar-refractivity contribution in [3.05, 3.63) is 41.7 Å². The van der Waals surface area contributed by atoms with Crippen LogP contribution in [0, 0.1) is 6.92 Å². The van der Waals surface area contributed by atoms with Crippen LogP contribution in [0.1, 0.15) is 25.1 Å². The first-order chi connectivity index (χ1) is 11.3. The highest BCUT2D eigenvalue weighted by Gasteiger charge is 2.22. The maximum absolute atomic E-state index is 12.7. The van der Waals surface area contributed by atoms with Gasteiger partial charge in [0.15, 0.2) is 0 Å². The standard InChI is InChI=1S/C16H22N4O3S/c1-5-20-12(2)14(10-17-20)11-19(4)24(22,23)16-8-6-15(7-9-16)18-13(3)21/h6-10H,5,11H2,1-4H3,(H,18,21). The number of amides is 1. The average molecular weight is 350 g/mol. The Morgan fingerprint density at radius 1 is 1.29 bits per heavy atom. The number of nitrogens with one attached hydrogen (secondary N) is 1. The molecule has 0 atom stereocenters. The Morgan fingerprint density at radius 2 is 1.92 bits per heavy atom. The lowest BCUT2D eigenvalue weighted by molar-refractivity contribution is -0.114. The second-order valence-electron chi connectivity index (χ2n) is 5.54. The predicted molar refractivity (Wildman–Crippen MR) is 92.0 cm³/mol. The molecule has 2 aromatic rings. The van der Waals surface area contributed by atoms with Gasteiger partial charge in [0.2, 0.25) is 15.9 Å². The minimum absolute atomic E-state index is 0.180. The van der Waals surface area contributed by atoms with Crippen LogP contribution in [0.25, 0.3) is 0 Å². The first-order valence-electron chi connectivity index (χ1n) is 7.61. The summed E-state index contributed by atoms with van der Waals surface area (Å²) in [6, 6.07) is 6.11. The van der Waals surface area contributed by atoms with E-state index < -0.39 is 10.0 Å². The molecular weight excluding hydrogens is 328 g/mol. The lowest BCUT2D eigenvalue weighted by Gasteiger charge is -2.17. The molecule has 0 bridgehead atoms. The summed E-state index contributed by atoms with van der Waals surface area (Å²) in [5, 5.41) is 6.85. The molecule has 0 fully saturated rings. The van der Waals surface area contributed by atoms with E-state index in [-0.39, 0.29) is 17.3 Å². The van der Waals surface area contributed by atoms with Crippen LogP contribution in [0.3, 0.4) is 0 Å². The minimum atomic E-state index is -3.61. The van der Waals surface area contributed by atoms with Gasteiger partial charge in [0.25, 0.3) is 0 Å². The monoisotopic (exact) mass is 350 g/mol. The first kappa shape index (κ1) is 18.2. The van der Waals surface area contributed by atoms with Crippen molar-refractivity contribution in [1.29, 1.82) is 0 Å². The van der Waals surface area contributed by atoms with Crippen molar-refractivity contribution in [2.24, 2.45) is 0 Å². The van der Waals surface area contributed by atoms with Crippen molar-refractivity contribution >= 4 is 21.6 Å². The van der Waals surface area contributed by atoms with Crippen molar-refractivity contribution < 1.29 is 13.2 Å². The van der Waals surface area contributed by atoms with Crippen LogP contribution in [0.2, 0.25) is 0 Å². The van der Waals surface area contributed by atoms with Crippen LogP contribution < -0.4 is 5.32 Å². The van der Waals surface area contributed by atoms with Gasteiger partial charge < -0.3 is 5.32 Å². The van der Waals surface area contributed by atoms with Crippen LogP contribution in [0.4, 0.5) is 5.69 Å². The Hall–Kier alpha value is -2.19. The van der Waals surface area contributed by atoms with E-state index >= 15 is 0 Å². The Labute approximate surface area is 142 Å². The second-order valence-corrected chi connectivity index (χ2v) is 7.58. The Balaban J connectivity index is 2.19. The van der Waals surface area contributed by atoms with Gasteiger partial charge in [-0.3, -0.25) is 9.48 Å². The molecule has 0 radical (unpaired) electrons. The van der Waals surface area contributed by atoms with Crippen LogP contribution in [0.5, 0.6) is 0 Å². The van der Waals surface area contributed by atoms with E-state index in [1.165, 1.54) is 23.4 Å². The number of aromatic nitrogens is 2. The number of sulfonamides is 1. The van der Waals surface area contributed by atoms with Crippen molar-refractivity contribution in [1.82, 2.24) is 14.1 Å². The number of carbonyl (C=O) groups is 1. The molecular formula is C16H22N4O3S. The van der Waals surface area contributed by atoms with Gasteiger partial charge in [0.05, 0.1) is 11.1 Å². The van der Waals surface area contributed by atoms with Crippen LogP contribution in [-0.2, 0) is 27.9 Å². The van der Waals surface area contributed by atoms with Gasteiger partial charge in [0, 0.05) is 44.0 Å². The van der Waals surface area contributed by atoms with Gasteiger partial charge in [-0.2, -0.15) is 9.40 Å². The van der Waals surface area contributed by atoms with Crippen LogP contribution in [0.15, 0.2) is 35.4 Å².